The van der Waals surface area contributed by atoms with Crippen LogP contribution in [0.25, 0.3) is 0 Å². The van der Waals surface area contributed by atoms with E-state index in [9.17, 15) is 0 Å². The lowest BCUT2D eigenvalue weighted by Crippen LogP contribution is -2.34. The monoisotopic (exact) mass is 215 g/mol. The summed E-state index contributed by atoms with van der Waals surface area (Å²) in [5.74, 6) is 0. The van der Waals surface area contributed by atoms with Crippen LogP contribution in [-0.4, -0.2) is 16.6 Å². The topological polar surface area (TPSA) is 37.0 Å². The van der Waals surface area contributed by atoms with Crippen molar-refractivity contribution in [1.82, 2.24) is 15.6 Å². The van der Waals surface area contributed by atoms with Crippen LogP contribution < -0.4 is 10.6 Å². The minimum absolute atomic E-state index is 0.704. The second-order valence-electron chi connectivity index (χ2n) is 2.57. The molecule has 1 rings (SSSR count). The summed E-state index contributed by atoms with van der Waals surface area (Å²) in [6.07, 6.45) is 0. The van der Waals surface area contributed by atoms with Gasteiger partial charge in [-0.3, -0.25) is 0 Å². The zero-order chi connectivity index (χ0) is 9.68. The van der Waals surface area contributed by atoms with E-state index < -0.39 is 0 Å². The Morgan fingerprint density at radius 3 is 2.92 bits per heavy atom. The van der Waals surface area contributed by atoms with Crippen molar-refractivity contribution in [2.24, 2.45) is 0 Å². The molecule has 0 fully saturated rings. The van der Waals surface area contributed by atoms with Crippen LogP contribution in [0.15, 0.2) is 5.51 Å². The summed E-state index contributed by atoms with van der Waals surface area (Å²) in [4.78, 5) is 5.39. The van der Waals surface area contributed by atoms with E-state index in [1.54, 1.807) is 11.3 Å². The van der Waals surface area contributed by atoms with Crippen molar-refractivity contribution in [1.29, 1.82) is 0 Å². The first kappa shape index (κ1) is 10.4. The molecule has 13 heavy (non-hydrogen) atoms. The van der Waals surface area contributed by atoms with Crippen molar-refractivity contribution in [3.63, 3.8) is 0 Å². The van der Waals surface area contributed by atoms with E-state index >= 15 is 0 Å². The minimum atomic E-state index is 0.704. The fourth-order valence-corrected chi connectivity index (χ4v) is 1.81. The largest absolute Gasteiger partial charge is 0.363 e. The molecule has 1 aromatic rings. The lowest BCUT2D eigenvalue weighted by Gasteiger charge is -2.07. The predicted molar refractivity (Wildman–Crippen MR) is 60.0 cm³/mol. The van der Waals surface area contributed by atoms with Crippen LogP contribution in [0.2, 0.25) is 0 Å². The maximum Gasteiger partial charge on any atom is 0.166 e. The second kappa shape index (κ2) is 5.14. The molecule has 0 aliphatic heterocycles. The number of hydrogen-bond acceptors (Lipinski definition) is 3. The van der Waals surface area contributed by atoms with E-state index in [1.807, 2.05) is 19.4 Å². The molecule has 0 spiro atoms. The molecule has 1 aromatic heterocycles. The summed E-state index contributed by atoms with van der Waals surface area (Å²) in [5.41, 5.74) is 2.93. The third-order valence-electron chi connectivity index (χ3n) is 1.59. The van der Waals surface area contributed by atoms with Crippen molar-refractivity contribution in [2.45, 2.75) is 20.4 Å². The molecular weight excluding hydrogens is 202 g/mol. The molecule has 0 unspecified atom stereocenters. The third-order valence-corrected chi connectivity index (χ3v) is 2.82. The molecule has 0 saturated heterocycles. The highest BCUT2D eigenvalue weighted by atomic mass is 32.1. The van der Waals surface area contributed by atoms with Gasteiger partial charge >= 0.3 is 0 Å². The van der Waals surface area contributed by atoms with Gasteiger partial charge in [0.05, 0.1) is 17.7 Å². The first-order valence-corrected chi connectivity index (χ1v) is 5.43. The maximum absolute atomic E-state index is 5.03. The van der Waals surface area contributed by atoms with Gasteiger partial charge in [0.25, 0.3) is 0 Å². The second-order valence-corrected chi connectivity index (χ2v) is 3.92. The number of aromatic nitrogens is 1. The molecule has 0 bridgehead atoms. The van der Waals surface area contributed by atoms with Crippen LogP contribution in [0, 0.1) is 6.92 Å². The molecule has 3 nitrogen and oxygen atoms in total. The minimum Gasteiger partial charge on any atom is -0.363 e. The fourth-order valence-electron chi connectivity index (χ4n) is 0.880. The lowest BCUT2D eigenvalue weighted by atomic mass is 10.4. The molecule has 0 aromatic carbocycles. The Labute approximate surface area is 87.6 Å². The average Bonchev–Trinajstić information content (AvgIpc) is 2.48. The predicted octanol–water partition coefficient (Wildman–Crippen LogP) is 1.44. The van der Waals surface area contributed by atoms with E-state index in [-0.39, 0.29) is 0 Å². The van der Waals surface area contributed by atoms with Gasteiger partial charge in [-0.1, -0.05) is 0 Å². The summed E-state index contributed by atoms with van der Waals surface area (Å²) >= 11 is 6.68. The Morgan fingerprint density at radius 2 is 2.38 bits per heavy atom. The van der Waals surface area contributed by atoms with Gasteiger partial charge in [-0.25, -0.2) is 4.98 Å². The molecule has 0 amide bonds. The molecular formula is C8H13N3S2. The van der Waals surface area contributed by atoms with E-state index in [0.717, 1.165) is 18.8 Å². The molecule has 0 aliphatic carbocycles. The van der Waals surface area contributed by atoms with Crippen molar-refractivity contribution in [3.05, 3.63) is 16.1 Å². The highest BCUT2D eigenvalue weighted by Crippen LogP contribution is 2.10. The molecule has 0 radical (unpaired) electrons. The summed E-state index contributed by atoms with van der Waals surface area (Å²) < 4.78 is 0. The zero-order valence-corrected chi connectivity index (χ0v) is 9.39. The van der Waals surface area contributed by atoms with Crippen LogP contribution in [0.5, 0.6) is 0 Å². The van der Waals surface area contributed by atoms with Crippen LogP contribution >= 0.6 is 23.6 Å². The van der Waals surface area contributed by atoms with E-state index in [0.29, 0.717) is 5.11 Å². The summed E-state index contributed by atoms with van der Waals surface area (Å²) in [6, 6.07) is 0. The van der Waals surface area contributed by atoms with Gasteiger partial charge in [-0.05, 0) is 26.1 Å². The Morgan fingerprint density at radius 1 is 1.62 bits per heavy atom. The number of aryl methyl sites for hydroxylation is 1. The Hall–Kier alpha value is -0.680. The standard InChI is InChI=1S/C8H13N3S2/c1-3-9-8(12)10-4-7-6(2)11-5-13-7/h5H,3-4H2,1-2H3,(H2,9,10,12). The molecule has 0 saturated carbocycles. The Kier molecular flexibility index (Phi) is 4.11. The summed E-state index contributed by atoms with van der Waals surface area (Å²) in [6.45, 7) is 5.64. The molecule has 0 atom stereocenters. The molecule has 2 N–H and O–H groups in total. The SMILES string of the molecule is CCNC(=S)NCc1scnc1C. The average molecular weight is 215 g/mol. The Balaban J connectivity index is 2.35. The number of nitrogens with zero attached hydrogens (tertiary/aromatic N) is 1. The fraction of sp³-hybridized carbons (Fsp3) is 0.500. The highest BCUT2D eigenvalue weighted by molar-refractivity contribution is 7.80. The van der Waals surface area contributed by atoms with Crippen molar-refractivity contribution in [3.8, 4) is 0 Å². The number of nitrogens with one attached hydrogen (secondary N) is 2. The molecule has 5 heteroatoms. The number of thiazole rings is 1. The van der Waals surface area contributed by atoms with Gasteiger partial charge in [-0.2, -0.15) is 0 Å². The van der Waals surface area contributed by atoms with Gasteiger partial charge in [0.2, 0.25) is 0 Å². The van der Waals surface area contributed by atoms with Gasteiger partial charge in [0, 0.05) is 11.4 Å². The summed E-state index contributed by atoms with van der Waals surface area (Å²) in [7, 11) is 0. The molecule has 1 heterocycles. The quantitative estimate of drug-likeness (QED) is 0.748. The summed E-state index contributed by atoms with van der Waals surface area (Å²) in [5, 5.41) is 6.85. The first-order valence-electron chi connectivity index (χ1n) is 4.14. The van der Waals surface area contributed by atoms with Crippen LogP contribution in [0.4, 0.5) is 0 Å². The normalized spacial score (nSPS) is 9.69. The smallest absolute Gasteiger partial charge is 0.166 e. The first-order chi connectivity index (χ1) is 6.24. The van der Waals surface area contributed by atoms with Crippen LogP contribution in [0.3, 0.4) is 0 Å². The van der Waals surface area contributed by atoms with Crippen molar-refractivity contribution in [2.75, 3.05) is 6.54 Å². The zero-order valence-electron chi connectivity index (χ0n) is 7.76. The van der Waals surface area contributed by atoms with Crippen LogP contribution in [-0.2, 0) is 6.54 Å². The van der Waals surface area contributed by atoms with Gasteiger partial charge < -0.3 is 10.6 Å². The molecule has 0 aliphatic rings. The molecule has 72 valence electrons. The number of hydrogen-bond donors (Lipinski definition) is 2. The van der Waals surface area contributed by atoms with Gasteiger partial charge in [0.15, 0.2) is 5.11 Å². The van der Waals surface area contributed by atoms with Gasteiger partial charge in [0.1, 0.15) is 0 Å². The third kappa shape index (κ3) is 3.28. The van der Waals surface area contributed by atoms with E-state index in [2.05, 4.69) is 15.6 Å². The Bertz CT molecular complexity index is 283. The lowest BCUT2D eigenvalue weighted by molar-refractivity contribution is 0.858. The van der Waals surface area contributed by atoms with Crippen molar-refractivity contribution >= 4 is 28.7 Å². The maximum atomic E-state index is 5.03. The van der Waals surface area contributed by atoms with E-state index in [1.165, 1.54) is 4.88 Å². The van der Waals surface area contributed by atoms with Crippen LogP contribution in [0.1, 0.15) is 17.5 Å². The highest BCUT2D eigenvalue weighted by Gasteiger charge is 2.00. The van der Waals surface area contributed by atoms with Crippen molar-refractivity contribution < 1.29 is 0 Å². The number of rotatable bonds is 3. The van der Waals surface area contributed by atoms with Gasteiger partial charge in [-0.15, -0.1) is 11.3 Å². The number of thiocarbonyl (C=S) groups is 1. The van der Waals surface area contributed by atoms with E-state index in [4.69, 9.17) is 12.2 Å².